The van der Waals surface area contributed by atoms with Crippen molar-refractivity contribution in [2.45, 2.75) is 6.43 Å². The largest absolute Gasteiger partial charge is 0.478 e. The van der Waals surface area contributed by atoms with Crippen molar-refractivity contribution < 1.29 is 23.1 Å². The number of halogens is 3. The maximum absolute atomic E-state index is 13.2. The van der Waals surface area contributed by atoms with E-state index in [-0.39, 0.29) is 16.9 Å². The average Bonchev–Trinajstić information content (AvgIpc) is 2.15. The Labute approximate surface area is 88.9 Å². The van der Waals surface area contributed by atoms with Gasteiger partial charge < -0.3 is 16.2 Å². The number of aromatic carboxylic acids is 1. The van der Waals surface area contributed by atoms with Gasteiger partial charge in [-0.05, 0) is 12.1 Å². The number of hydrogen-bond donors (Lipinski definition) is 3. The molecule has 0 radical (unpaired) electrons. The zero-order chi connectivity index (χ0) is 12.3. The van der Waals surface area contributed by atoms with Gasteiger partial charge in [0.05, 0.1) is 17.8 Å². The summed E-state index contributed by atoms with van der Waals surface area (Å²) in [5, 5.41) is 10.8. The molecule has 4 nitrogen and oxygen atoms in total. The SMILES string of the molecule is Nc1cc(F)c(NCC(F)F)cc1C(=O)O. The lowest BCUT2D eigenvalue weighted by molar-refractivity contribution is 0.0698. The maximum Gasteiger partial charge on any atom is 0.337 e. The quantitative estimate of drug-likeness (QED) is 0.694. The molecular weight excluding hydrogens is 225 g/mol. The third-order valence-electron chi connectivity index (χ3n) is 1.82. The summed E-state index contributed by atoms with van der Waals surface area (Å²) in [5.74, 6) is -2.22. The Kier molecular flexibility index (Phi) is 3.60. The lowest BCUT2D eigenvalue weighted by Crippen LogP contribution is -2.13. The number of nitrogens with two attached hydrogens (primary N) is 1. The Morgan fingerprint density at radius 3 is 2.62 bits per heavy atom. The predicted molar refractivity (Wildman–Crippen MR) is 52.3 cm³/mol. The van der Waals surface area contributed by atoms with Crippen LogP contribution in [-0.4, -0.2) is 24.0 Å². The van der Waals surface area contributed by atoms with Crippen molar-refractivity contribution in [3.8, 4) is 0 Å². The van der Waals surface area contributed by atoms with E-state index in [4.69, 9.17) is 10.8 Å². The van der Waals surface area contributed by atoms with Crippen molar-refractivity contribution in [3.05, 3.63) is 23.5 Å². The summed E-state index contributed by atoms with van der Waals surface area (Å²) in [5.41, 5.74) is 4.35. The van der Waals surface area contributed by atoms with E-state index in [1.165, 1.54) is 0 Å². The number of anilines is 2. The summed E-state index contributed by atoms with van der Waals surface area (Å²) in [6.07, 6.45) is -2.66. The summed E-state index contributed by atoms with van der Waals surface area (Å²) >= 11 is 0. The van der Waals surface area contributed by atoms with Crippen LogP contribution in [0.15, 0.2) is 12.1 Å². The highest BCUT2D eigenvalue weighted by molar-refractivity contribution is 5.94. The predicted octanol–water partition coefficient (Wildman–Crippen LogP) is 1.78. The normalized spacial score (nSPS) is 10.5. The molecule has 0 amide bonds. The summed E-state index contributed by atoms with van der Waals surface area (Å²) in [6, 6.07) is 1.66. The van der Waals surface area contributed by atoms with Gasteiger partial charge in [0.15, 0.2) is 0 Å². The molecule has 0 saturated carbocycles. The molecule has 4 N–H and O–H groups in total. The first-order chi connectivity index (χ1) is 7.41. The van der Waals surface area contributed by atoms with E-state index in [9.17, 15) is 18.0 Å². The van der Waals surface area contributed by atoms with Gasteiger partial charge in [-0.3, -0.25) is 0 Å². The van der Waals surface area contributed by atoms with Crippen molar-refractivity contribution >= 4 is 17.3 Å². The van der Waals surface area contributed by atoms with Gasteiger partial charge in [-0.15, -0.1) is 0 Å². The number of carboxylic acids is 1. The molecule has 0 saturated heterocycles. The molecule has 0 atom stereocenters. The Morgan fingerprint density at radius 1 is 1.50 bits per heavy atom. The average molecular weight is 234 g/mol. The van der Waals surface area contributed by atoms with Gasteiger partial charge >= 0.3 is 5.97 Å². The Morgan fingerprint density at radius 2 is 2.12 bits per heavy atom. The first-order valence-corrected chi connectivity index (χ1v) is 4.26. The number of benzene rings is 1. The van der Waals surface area contributed by atoms with Crippen molar-refractivity contribution in [2.24, 2.45) is 0 Å². The van der Waals surface area contributed by atoms with Gasteiger partial charge in [0.1, 0.15) is 5.82 Å². The summed E-state index contributed by atoms with van der Waals surface area (Å²) < 4.78 is 36.9. The fraction of sp³-hybridized carbons (Fsp3) is 0.222. The van der Waals surface area contributed by atoms with Gasteiger partial charge in [0.2, 0.25) is 0 Å². The molecule has 0 aliphatic heterocycles. The highest BCUT2D eigenvalue weighted by atomic mass is 19.3. The third kappa shape index (κ3) is 2.78. The number of rotatable bonds is 4. The van der Waals surface area contributed by atoms with E-state index in [2.05, 4.69) is 5.32 Å². The summed E-state index contributed by atoms with van der Waals surface area (Å²) in [4.78, 5) is 10.6. The van der Waals surface area contributed by atoms with Gasteiger partial charge in [0, 0.05) is 5.69 Å². The maximum atomic E-state index is 13.2. The molecule has 1 aromatic rings. The van der Waals surface area contributed by atoms with Gasteiger partial charge in [0.25, 0.3) is 6.43 Å². The van der Waals surface area contributed by atoms with E-state index in [1.807, 2.05) is 0 Å². The topological polar surface area (TPSA) is 75.3 Å². The Bertz CT molecular complexity index is 410. The van der Waals surface area contributed by atoms with Crippen LogP contribution in [-0.2, 0) is 0 Å². The lowest BCUT2D eigenvalue weighted by atomic mass is 10.1. The monoisotopic (exact) mass is 234 g/mol. The lowest BCUT2D eigenvalue weighted by Gasteiger charge is -2.09. The molecular formula is C9H9F3N2O2. The van der Waals surface area contributed by atoms with E-state index in [0.29, 0.717) is 0 Å². The first kappa shape index (κ1) is 12.2. The number of hydrogen-bond acceptors (Lipinski definition) is 3. The van der Waals surface area contributed by atoms with Crippen LogP contribution >= 0.6 is 0 Å². The van der Waals surface area contributed by atoms with Crippen LogP contribution in [0.3, 0.4) is 0 Å². The number of carbonyl (C=O) groups is 1. The molecule has 1 rings (SSSR count). The van der Waals surface area contributed by atoms with Crippen molar-refractivity contribution in [3.63, 3.8) is 0 Å². The fourth-order valence-electron chi connectivity index (χ4n) is 1.10. The number of nitrogen functional groups attached to an aromatic ring is 1. The molecule has 16 heavy (non-hydrogen) atoms. The molecule has 0 aromatic heterocycles. The molecule has 0 aliphatic rings. The standard InChI is InChI=1S/C9H9F3N2O2/c10-5-2-6(13)4(9(15)16)1-7(5)14-3-8(11)12/h1-2,8,14H,3,13H2,(H,15,16). The van der Waals surface area contributed by atoms with Crippen LogP contribution < -0.4 is 11.1 Å². The molecule has 1 aromatic carbocycles. The minimum absolute atomic E-state index is 0.257. The summed E-state index contributed by atoms with van der Waals surface area (Å²) in [7, 11) is 0. The number of alkyl halides is 2. The molecule has 0 bridgehead atoms. The second kappa shape index (κ2) is 4.73. The second-order valence-corrected chi connectivity index (χ2v) is 3.00. The van der Waals surface area contributed by atoms with E-state index in [1.54, 1.807) is 0 Å². The van der Waals surface area contributed by atoms with Crippen molar-refractivity contribution in [1.82, 2.24) is 0 Å². The first-order valence-electron chi connectivity index (χ1n) is 4.26. The van der Waals surface area contributed by atoms with Gasteiger partial charge in [-0.2, -0.15) is 0 Å². The highest BCUT2D eigenvalue weighted by Gasteiger charge is 2.13. The van der Waals surface area contributed by atoms with Crippen LogP contribution in [0.5, 0.6) is 0 Å². The molecule has 0 fully saturated rings. The smallest absolute Gasteiger partial charge is 0.337 e. The minimum Gasteiger partial charge on any atom is -0.478 e. The Hall–Kier alpha value is -1.92. The zero-order valence-electron chi connectivity index (χ0n) is 8.01. The third-order valence-corrected chi connectivity index (χ3v) is 1.82. The zero-order valence-corrected chi connectivity index (χ0v) is 8.01. The number of carboxylic acid groups (broad SMARTS) is 1. The molecule has 0 unspecified atom stereocenters. The van der Waals surface area contributed by atoms with Crippen molar-refractivity contribution in [2.75, 3.05) is 17.6 Å². The molecule has 0 spiro atoms. The highest BCUT2D eigenvalue weighted by Crippen LogP contribution is 2.22. The van der Waals surface area contributed by atoms with Crippen LogP contribution in [0.25, 0.3) is 0 Å². The van der Waals surface area contributed by atoms with Crippen LogP contribution in [0.2, 0.25) is 0 Å². The fourth-order valence-corrected chi connectivity index (χ4v) is 1.10. The van der Waals surface area contributed by atoms with Crippen molar-refractivity contribution in [1.29, 1.82) is 0 Å². The van der Waals surface area contributed by atoms with Gasteiger partial charge in [-0.1, -0.05) is 0 Å². The van der Waals surface area contributed by atoms with Crippen LogP contribution in [0, 0.1) is 5.82 Å². The van der Waals surface area contributed by atoms with Gasteiger partial charge in [-0.25, -0.2) is 18.0 Å². The van der Waals surface area contributed by atoms with Crippen LogP contribution in [0.1, 0.15) is 10.4 Å². The molecule has 88 valence electrons. The molecule has 0 heterocycles. The molecule has 7 heteroatoms. The Balaban J connectivity index is 3.00. The van der Waals surface area contributed by atoms with E-state index < -0.39 is 24.8 Å². The summed E-state index contributed by atoms with van der Waals surface area (Å²) in [6.45, 7) is -0.764. The second-order valence-electron chi connectivity index (χ2n) is 3.00. The molecule has 0 aliphatic carbocycles. The minimum atomic E-state index is -2.66. The van der Waals surface area contributed by atoms with E-state index >= 15 is 0 Å². The number of nitrogens with one attached hydrogen (secondary N) is 1. The van der Waals surface area contributed by atoms with Crippen LogP contribution in [0.4, 0.5) is 24.5 Å². The van der Waals surface area contributed by atoms with E-state index in [0.717, 1.165) is 12.1 Å².